The fourth-order valence-corrected chi connectivity index (χ4v) is 3.07. The fourth-order valence-electron chi connectivity index (χ4n) is 2.67. The van der Waals surface area contributed by atoms with Gasteiger partial charge in [-0.2, -0.15) is 0 Å². The molecule has 0 atom stereocenters. The van der Waals surface area contributed by atoms with Gasteiger partial charge in [0.05, 0.1) is 17.6 Å². The summed E-state index contributed by atoms with van der Waals surface area (Å²) < 4.78 is 2.99. The zero-order valence-corrected chi connectivity index (χ0v) is 15.6. The second-order valence-corrected chi connectivity index (χ2v) is 6.58. The second kappa shape index (κ2) is 7.05. The van der Waals surface area contributed by atoms with E-state index in [1.165, 1.54) is 0 Å². The number of rotatable bonds is 4. The minimum atomic E-state index is 0.532. The molecule has 3 aromatic heterocycles. The normalized spacial score (nSPS) is 10.7. The largest absolute Gasteiger partial charge is 0.326 e. The lowest BCUT2D eigenvalue weighted by Crippen LogP contribution is -2.00. The molecule has 0 aliphatic carbocycles. The zero-order chi connectivity index (χ0) is 17.9. The number of imidazole rings is 1. The number of hydrogen-bond acceptors (Lipinski definition) is 5. The van der Waals surface area contributed by atoms with Gasteiger partial charge in [-0.15, -0.1) is 0 Å². The molecule has 0 unspecified atom stereocenters. The molecule has 0 saturated carbocycles. The van der Waals surface area contributed by atoms with Crippen molar-refractivity contribution in [3.05, 3.63) is 71.7 Å². The lowest BCUT2D eigenvalue weighted by Gasteiger charge is -2.08. The van der Waals surface area contributed by atoms with Crippen molar-refractivity contribution in [1.82, 2.24) is 24.5 Å². The molecule has 4 rings (SSSR count). The first-order valence-electron chi connectivity index (χ1n) is 7.99. The Balaban J connectivity index is 1.66. The van der Waals surface area contributed by atoms with Crippen molar-refractivity contribution in [3.8, 4) is 22.8 Å². The van der Waals surface area contributed by atoms with Crippen LogP contribution in [0.25, 0.3) is 22.8 Å². The number of anilines is 2. The first-order chi connectivity index (χ1) is 12.7. The van der Waals surface area contributed by atoms with E-state index in [2.05, 4.69) is 41.2 Å². The van der Waals surface area contributed by atoms with E-state index < -0.39 is 0 Å². The molecule has 0 amide bonds. The molecule has 3 heterocycles. The number of nitrogens with zero attached hydrogens (tertiary/aromatic N) is 5. The van der Waals surface area contributed by atoms with Crippen LogP contribution in [0.5, 0.6) is 0 Å². The Kier molecular flexibility index (Phi) is 4.45. The highest BCUT2D eigenvalue weighted by Gasteiger charge is 2.12. The number of benzene rings is 1. The third kappa shape index (κ3) is 3.34. The molecule has 0 fully saturated rings. The van der Waals surface area contributed by atoms with Gasteiger partial charge in [-0.25, -0.2) is 15.0 Å². The lowest BCUT2D eigenvalue weighted by atomic mass is 10.2. The molecular weight excluding hydrogens is 392 g/mol. The summed E-state index contributed by atoms with van der Waals surface area (Å²) in [6.07, 6.45) is 7.09. The van der Waals surface area contributed by atoms with E-state index in [9.17, 15) is 0 Å². The third-order valence-electron chi connectivity index (χ3n) is 3.91. The molecule has 7 heteroatoms. The molecule has 6 nitrogen and oxygen atoms in total. The minimum Gasteiger partial charge on any atom is -0.326 e. The minimum absolute atomic E-state index is 0.532. The van der Waals surface area contributed by atoms with E-state index in [1.807, 2.05) is 60.3 Å². The Morgan fingerprint density at radius 2 is 1.92 bits per heavy atom. The third-order valence-corrected chi connectivity index (χ3v) is 4.40. The van der Waals surface area contributed by atoms with Crippen molar-refractivity contribution >= 4 is 27.6 Å². The van der Waals surface area contributed by atoms with E-state index >= 15 is 0 Å². The number of pyridine rings is 1. The van der Waals surface area contributed by atoms with Crippen LogP contribution in [-0.2, 0) is 7.05 Å². The molecule has 0 saturated heterocycles. The van der Waals surface area contributed by atoms with Gasteiger partial charge in [-0.1, -0.05) is 22.0 Å². The van der Waals surface area contributed by atoms with Crippen LogP contribution in [-0.4, -0.2) is 24.5 Å². The molecule has 1 aromatic carbocycles. The number of halogens is 1. The summed E-state index contributed by atoms with van der Waals surface area (Å²) in [5.41, 5.74) is 3.58. The van der Waals surface area contributed by atoms with Crippen LogP contribution in [0.1, 0.15) is 0 Å². The smallest absolute Gasteiger partial charge is 0.227 e. The molecule has 0 aliphatic heterocycles. The average molecular weight is 407 g/mol. The zero-order valence-electron chi connectivity index (χ0n) is 14.0. The number of aromatic nitrogens is 5. The Hall–Kier alpha value is -3.06. The molecule has 26 heavy (non-hydrogen) atoms. The van der Waals surface area contributed by atoms with Gasteiger partial charge in [-0.3, -0.25) is 4.98 Å². The summed E-state index contributed by atoms with van der Waals surface area (Å²) in [5.74, 6) is 1.37. The maximum atomic E-state index is 4.62. The summed E-state index contributed by atoms with van der Waals surface area (Å²) in [6.45, 7) is 0. The molecule has 0 spiro atoms. The van der Waals surface area contributed by atoms with Gasteiger partial charge in [0.15, 0.2) is 0 Å². The monoisotopic (exact) mass is 406 g/mol. The Labute approximate surface area is 159 Å². The summed E-state index contributed by atoms with van der Waals surface area (Å²) >= 11 is 3.46. The molecule has 0 radical (unpaired) electrons. The van der Waals surface area contributed by atoms with Crippen LogP contribution >= 0.6 is 15.9 Å². The molecule has 0 aliphatic rings. The first kappa shape index (κ1) is 16.4. The second-order valence-electron chi connectivity index (χ2n) is 5.67. The van der Waals surface area contributed by atoms with Crippen LogP contribution in [0.15, 0.2) is 71.7 Å². The number of nitrogens with one attached hydrogen (secondary N) is 1. The van der Waals surface area contributed by atoms with Gasteiger partial charge >= 0.3 is 0 Å². The average Bonchev–Trinajstić information content (AvgIpc) is 3.04. The van der Waals surface area contributed by atoms with E-state index in [4.69, 9.17) is 0 Å². The number of hydrogen-bond donors (Lipinski definition) is 1. The van der Waals surface area contributed by atoms with Crippen molar-refractivity contribution in [2.24, 2.45) is 7.05 Å². The van der Waals surface area contributed by atoms with E-state index in [0.29, 0.717) is 5.95 Å². The van der Waals surface area contributed by atoms with Gasteiger partial charge in [0.2, 0.25) is 5.95 Å². The van der Waals surface area contributed by atoms with Gasteiger partial charge in [0.25, 0.3) is 0 Å². The van der Waals surface area contributed by atoms with Gasteiger partial charge in [0, 0.05) is 41.4 Å². The molecular formula is C19H15BrN6. The SMILES string of the molecule is Cn1c(-c2ccnc(Nc3cccc(Br)c3)n2)cnc1-c1cccnc1. The molecule has 0 bridgehead atoms. The Morgan fingerprint density at radius 3 is 2.73 bits per heavy atom. The Morgan fingerprint density at radius 1 is 1.00 bits per heavy atom. The first-order valence-corrected chi connectivity index (χ1v) is 8.78. The van der Waals surface area contributed by atoms with Crippen molar-refractivity contribution in [3.63, 3.8) is 0 Å². The molecule has 128 valence electrons. The van der Waals surface area contributed by atoms with Gasteiger partial charge < -0.3 is 9.88 Å². The predicted molar refractivity (Wildman–Crippen MR) is 105 cm³/mol. The summed E-state index contributed by atoms with van der Waals surface area (Å²) in [5, 5.41) is 3.22. The highest BCUT2D eigenvalue weighted by Crippen LogP contribution is 2.25. The summed E-state index contributed by atoms with van der Waals surface area (Å²) in [7, 11) is 1.97. The Bertz CT molecular complexity index is 1040. The van der Waals surface area contributed by atoms with Crippen LogP contribution < -0.4 is 5.32 Å². The summed E-state index contributed by atoms with van der Waals surface area (Å²) in [6, 6.07) is 13.6. The highest BCUT2D eigenvalue weighted by atomic mass is 79.9. The topological polar surface area (TPSA) is 68.5 Å². The van der Waals surface area contributed by atoms with Crippen LogP contribution in [0.2, 0.25) is 0 Å². The van der Waals surface area contributed by atoms with Gasteiger partial charge in [-0.05, 0) is 36.4 Å². The fraction of sp³-hybridized carbons (Fsp3) is 0.0526. The van der Waals surface area contributed by atoms with E-state index in [0.717, 1.165) is 32.9 Å². The van der Waals surface area contributed by atoms with E-state index in [-0.39, 0.29) is 0 Å². The van der Waals surface area contributed by atoms with Crippen molar-refractivity contribution < 1.29 is 0 Å². The van der Waals surface area contributed by atoms with Crippen LogP contribution in [0, 0.1) is 0 Å². The van der Waals surface area contributed by atoms with E-state index in [1.54, 1.807) is 18.6 Å². The molecule has 1 N–H and O–H groups in total. The van der Waals surface area contributed by atoms with Gasteiger partial charge in [0.1, 0.15) is 5.82 Å². The predicted octanol–water partition coefficient (Wildman–Crippen LogP) is 4.45. The molecule has 4 aromatic rings. The van der Waals surface area contributed by atoms with Crippen molar-refractivity contribution in [2.75, 3.05) is 5.32 Å². The summed E-state index contributed by atoms with van der Waals surface area (Å²) in [4.78, 5) is 17.6. The quantitative estimate of drug-likeness (QED) is 0.542. The maximum Gasteiger partial charge on any atom is 0.227 e. The standard InChI is InChI=1S/C19H15BrN6/c1-26-17(12-23-18(26)13-4-3-8-21-11-13)16-7-9-22-19(25-16)24-15-6-2-5-14(20)10-15/h2-12H,1H3,(H,22,24,25). The lowest BCUT2D eigenvalue weighted by molar-refractivity contribution is 0.924. The van der Waals surface area contributed by atoms with Crippen LogP contribution in [0.4, 0.5) is 11.6 Å². The maximum absolute atomic E-state index is 4.62. The van der Waals surface area contributed by atoms with Crippen LogP contribution in [0.3, 0.4) is 0 Å². The van der Waals surface area contributed by atoms with Crippen molar-refractivity contribution in [2.45, 2.75) is 0 Å². The van der Waals surface area contributed by atoms with Crippen molar-refractivity contribution in [1.29, 1.82) is 0 Å². The highest BCUT2D eigenvalue weighted by molar-refractivity contribution is 9.10.